The third-order valence-electron chi connectivity index (χ3n) is 5.56. The van der Waals surface area contributed by atoms with Gasteiger partial charge in [-0.15, -0.1) is 0 Å². The molecule has 5 rings (SSSR count). The van der Waals surface area contributed by atoms with Crippen LogP contribution in [0.15, 0.2) is 77.6 Å². The summed E-state index contributed by atoms with van der Waals surface area (Å²) in [5.74, 6) is -0.538. The lowest BCUT2D eigenvalue weighted by Gasteiger charge is -2.11. The molecule has 0 aliphatic heterocycles. The van der Waals surface area contributed by atoms with Crippen molar-refractivity contribution in [3.63, 3.8) is 0 Å². The molecule has 0 radical (unpaired) electrons. The Bertz CT molecular complexity index is 1560. The summed E-state index contributed by atoms with van der Waals surface area (Å²) in [6, 6.07) is 21.5. The Morgan fingerprint density at radius 3 is 2.58 bits per heavy atom. The average Bonchev–Trinajstić information content (AvgIpc) is 3.17. The van der Waals surface area contributed by atoms with Gasteiger partial charge in [0.15, 0.2) is 5.69 Å². The maximum Gasteiger partial charge on any atom is 0.276 e. The van der Waals surface area contributed by atoms with E-state index in [1.807, 2.05) is 59.2 Å². The lowest BCUT2D eigenvalue weighted by Crippen LogP contribution is -2.32. The summed E-state index contributed by atoms with van der Waals surface area (Å²) in [7, 11) is 1.61. The smallest absolute Gasteiger partial charge is 0.276 e. The maximum absolute atomic E-state index is 13.7. The Labute approximate surface area is 188 Å². The number of para-hydroxylation sites is 2. The number of halogens is 1. The number of carbonyl (C=O) groups is 1. The van der Waals surface area contributed by atoms with Gasteiger partial charge >= 0.3 is 0 Å². The van der Waals surface area contributed by atoms with E-state index >= 15 is 0 Å². The number of nitrogens with one attached hydrogen (secondary N) is 1. The van der Waals surface area contributed by atoms with E-state index in [1.54, 1.807) is 7.05 Å². The average molecular weight is 441 g/mol. The minimum absolute atomic E-state index is 0.104. The van der Waals surface area contributed by atoms with Gasteiger partial charge in [-0.1, -0.05) is 42.5 Å². The van der Waals surface area contributed by atoms with Crippen LogP contribution in [-0.4, -0.2) is 25.2 Å². The number of rotatable bonds is 5. The molecule has 1 amide bonds. The van der Waals surface area contributed by atoms with E-state index < -0.39 is 17.2 Å². The normalized spacial score (nSPS) is 11.2. The van der Waals surface area contributed by atoms with Crippen molar-refractivity contribution in [2.75, 3.05) is 0 Å². The van der Waals surface area contributed by atoms with Crippen molar-refractivity contribution in [2.45, 2.75) is 13.1 Å². The van der Waals surface area contributed by atoms with Crippen LogP contribution in [0.2, 0.25) is 0 Å². The molecule has 164 valence electrons. The summed E-state index contributed by atoms with van der Waals surface area (Å²) in [6.45, 7) is 0.689. The van der Waals surface area contributed by atoms with Gasteiger partial charge in [0, 0.05) is 13.6 Å². The van der Waals surface area contributed by atoms with E-state index in [-0.39, 0.29) is 17.6 Å². The molecule has 0 aliphatic rings. The van der Waals surface area contributed by atoms with Crippen molar-refractivity contribution in [3.05, 3.63) is 106 Å². The van der Waals surface area contributed by atoms with Crippen LogP contribution in [0.4, 0.5) is 4.39 Å². The zero-order valence-corrected chi connectivity index (χ0v) is 17.8. The number of aryl methyl sites for hydroxylation is 1. The molecule has 0 saturated carbocycles. The lowest BCUT2D eigenvalue weighted by molar-refractivity contribution is 0.0941. The summed E-state index contributed by atoms with van der Waals surface area (Å²) in [5.41, 5.74) is 2.40. The van der Waals surface area contributed by atoms with Crippen LogP contribution in [0.1, 0.15) is 21.9 Å². The minimum Gasteiger partial charge on any atom is -0.343 e. The monoisotopic (exact) mass is 441 g/mol. The fourth-order valence-corrected chi connectivity index (χ4v) is 3.94. The van der Waals surface area contributed by atoms with Gasteiger partial charge in [0.05, 0.1) is 28.5 Å². The van der Waals surface area contributed by atoms with Crippen LogP contribution >= 0.6 is 0 Å². The van der Waals surface area contributed by atoms with Crippen LogP contribution < -0.4 is 10.7 Å². The zero-order chi connectivity index (χ0) is 22.9. The highest BCUT2D eigenvalue weighted by molar-refractivity contribution is 5.95. The number of hydrogen-bond acceptors (Lipinski definition) is 4. The van der Waals surface area contributed by atoms with Crippen LogP contribution in [-0.2, 0) is 20.1 Å². The first kappa shape index (κ1) is 20.6. The molecule has 0 atom stereocenters. The Morgan fingerprint density at radius 2 is 1.76 bits per heavy atom. The van der Waals surface area contributed by atoms with Gasteiger partial charge in [-0.05, 0) is 35.9 Å². The second-order valence-electron chi connectivity index (χ2n) is 7.73. The van der Waals surface area contributed by atoms with Crippen LogP contribution in [0.5, 0.6) is 0 Å². The van der Waals surface area contributed by atoms with Crippen molar-refractivity contribution < 1.29 is 9.18 Å². The Kier molecular flexibility index (Phi) is 5.18. The van der Waals surface area contributed by atoms with Gasteiger partial charge in [-0.25, -0.2) is 9.37 Å². The molecule has 0 spiro atoms. The van der Waals surface area contributed by atoms with Crippen LogP contribution in [0.25, 0.3) is 21.9 Å². The molecule has 0 bridgehead atoms. The third-order valence-corrected chi connectivity index (χ3v) is 5.56. The van der Waals surface area contributed by atoms with E-state index in [9.17, 15) is 14.0 Å². The highest BCUT2D eigenvalue weighted by Gasteiger charge is 2.18. The molecule has 8 heteroatoms. The number of nitrogens with zero attached hydrogens (tertiary/aromatic N) is 4. The third kappa shape index (κ3) is 3.87. The Hall–Kier alpha value is -4.33. The van der Waals surface area contributed by atoms with Crippen LogP contribution in [0, 0.1) is 5.82 Å². The summed E-state index contributed by atoms with van der Waals surface area (Å²) in [4.78, 5) is 30.4. The SMILES string of the molecule is Cn1nc(C(=O)NCc2nc3ccccc3n2Cc2ccccc2)c(=O)c2cc(F)ccc21. The van der Waals surface area contributed by atoms with Gasteiger partial charge in [-0.2, -0.15) is 5.10 Å². The van der Waals surface area contributed by atoms with E-state index in [1.165, 1.54) is 16.8 Å². The van der Waals surface area contributed by atoms with E-state index in [2.05, 4.69) is 15.4 Å². The quantitative estimate of drug-likeness (QED) is 0.453. The molecule has 0 aliphatic carbocycles. The topological polar surface area (TPSA) is 81.8 Å². The molecule has 0 saturated heterocycles. The van der Waals surface area contributed by atoms with E-state index in [0.29, 0.717) is 17.9 Å². The van der Waals surface area contributed by atoms with E-state index in [0.717, 1.165) is 22.7 Å². The molecular weight excluding hydrogens is 421 g/mol. The Morgan fingerprint density at radius 1 is 1.00 bits per heavy atom. The van der Waals surface area contributed by atoms with Crippen molar-refractivity contribution in [1.82, 2.24) is 24.6 Å². The van der Waals surface area contributed by atoms with Gasteiger partial charge in [0.1, 0.15) is 11.6 Å². The summed E-state index contributed by atoms with van der Waals surface area (Å²) in [5, 5.41) is 6.98. The van der Waals surface area contributed by atoms with Gasteiger partial charge < -0.3 is 9.88 Å². The predicted molar refractivity (Wildman–Crippen MR) is 123 cm³/mol. The second kappa shape index (κ2) is 8.31. The number of carbonyl (C=O) groups excluding carboxylic acids is 1. The first-order valence-corrected chi connectivity index (χ1v) is 10.4. The summed E-state index contributed by atoms with van der Waals surface area (Å²) in [6.07, 6.45) is 0. The second-order valence-corrected chi connectivity index (χ2v) is 7.73. The number of amides is 1. The van der Waals surface area contributed by atoms with Gasteiger partial charge in [0.25, 0.3) is 5.91 Å². The van der Waals surface area contributed by atoms with Crippen molar-refractivity contribution >= 4 is 27.8 Å². The molecule has 2 heterocycles. The van der Waals surface area contributed by atoms with Gasteiger partial charge in [-0.3, -0.25) is 14.3 Å². The zero-order valence-electron chi connectivity index (χ0n) is 17.8. The lowest BCUT2D eigenvalue weighted by atomic mass is 10.2. The largest absolute Gasteiger partial charge is 0.343 e. The summed E-state index contributed by atoms with van der Waals surface area (Å²) >= 11 is 0. The fourth-order valence-electron chi connectivity index (χ4n) is 3.94. The first-order chi connectivity index (χ1) is 16.0. The number of aromatic nitrogens is 4. The standard InChI is InChI=1S/C25H20FN5O2/c1-30-20-12-11-17(26)13-18(20)24(32)23(29-30)25(33)27-14-22-28-19-9-5-6-10-21(19)31(22)15-16-7-3-2-4-8-16/h2-13H,14-15H2,1H3,(H,27,33). The van der Waals surface area contributed by atoms with Crippen LogP contribution in [0.3, 0.4) is 0 Å². The number of imidazole rings is 1. The molecule has 7 nitrogen and oxygen atoms in total. The highest BCUT2D eigenvalue weighted by atomic mass is 19.1. The molecular formula is C25H20FN5O2. The number of hydrogen-bond donors (Lipinski definition) is 1. The fraction of sp³-hybridized carbons (Fsp3) is 0.120. The first-order valence-electron chi connectivity index (χ1n) is 10.4. The minimum atomic E-state index is -0.639. The summed E-state index contributed by atoms with van der Waals surface area (Å²) < 4.78 is 17.1. The van der Waals surface area contributed by atoms with E-state index in [4.69, 9.17) is 0 Å². The molecule has 1 N–H and O–H groups in total. The predicted octanol–water partition coefficient (Wildman–Crippen LogP) is 3.40. The van der Waals surface area contributed by atoms with Gasteiger partial charge in [0.2, 0.25) is 5.43 Å². The molecule has 3 aromatic carbocycles. The molecule has 5 aromatic rings. The molecule has 33 heavy (non-hydrogen) atoms. The highest BCUT2D eigenvalue weighted by Crippen LogP contribution is 2.18. The number of benzene rings is 3. The Balaban J connectivity index is 1.47. The number of fused-ring (bicyclic) bond motifs is 2. The van der Waals surface area contributed by atoms with Crippen molar-refractivity contribution in [1.29, 1.82) is 0 Å². The van der Waals surface area contributed by atoms with Crippen molar-refractivity contribution in [2.24, 2.45) is 7.05 Å². The van der Waals surface area contributed by atoms with Crippen molar-refractivity contribution in [3.8, 4) is 0 Å². The maximum atomic E-state index is 13.7. The molecule has 0 unspecified atom stereocenters. The molecule has 2 aromatic heterocycles. The molecule has 0 fully saturated rings.